The Labute approximate surface area is 139 Å². The van der Waals surface area contributed by atoms with E-state index in [9.17, 15) is 5.11 Å². The molecule has 1 saturated heterocycles. The van der Waals surface area contributed by atoms with Gasteiger partial charge in [0.05, 0.1) is 0 Å². The number of fused-ring (bicyclic) bond motifs is 1. The molecular formula is C16H23BrN2O3. The molecule has 2 heterocycles. The largest absolute Gasteiger partial charge is 0.454 e. The maximum absolute atomic E-state index is 9.93. The minimum atomic E-state index is -0.256. The SMILES string of the molecule is CC(C)(CO)[C@H](c1cc2c(cc1Br)OCO2)N1CCNCC1. The molecule has 1 atom stereocenters. The van der Waals surface area contributed by atoms with Crippen molar-refractivity contribution in [3.8, 4) is 11.5 Å². The summed E-state index contributed by atoms with van der Waals surface area (Å²) in [6.45, 7) is 8.49. The van der Waals surface area contributed by atoms with E-state index in [1.807, 2.05) is 6.07 Å². The predicted molar refractivity (Wildman–Crippen MR) is 88.3 cm³/mol. The lowest BCUT2D eigenvalue weighted by molar-refractivity contribution is 0.0301. The third kappa shape index (κ3) is 2.97. The Morgan fingerprint density at radius 1 is 1.27 bits per heavy atom. The van der Waals surface area contributed by atoms with Crippen LogP contribution in [0.25, 0.3) is 0 Å². The summed E-state index contributed by atoms with van der Waals surface area (Å²) in [5, 5.41) is 13.3. The summed E-state index contributed by atoms with van der Waals surface area (Å²) in [6, 6.07) is 4.14. The smallest absolute Gasteiger partial charge is 0.231 e. The molecule has 2 N–H and O–H groups in total. The molecule has 0 spiro atoms. The number of ether oxygens (including phenoxy) is 2. The highest BCUT2D eigenvalue weighted by atomic mass is 79.9. The Morgan fingerprint density at radius 3 is 2.55 bits per heavy atom. The average molecular weight is 371 g/mol. The van der Waals surface area contributed by atoms with Crippen molar-refractivity contribution >= 4 is 15.9 Å². The highest BCUT2D eigenvalue weighted by Gasteiger charge is 2.37. The van der Waals surface area contributed by atoms with Crippen molar-refractivity contribution in [3.63, 3.8) is 0 Å². The number of nitrogens with zero attached hydrogens (tertiary/aromatic N) is 1. The van der Waals surface area contributed by atoms with Gasteiger partial charge < -0.3 is 19.9 Å². The van der Waals surface area contributed by atoms with Crippen molar-refractivity contribution in [2.24, 2.45) is 5.41 Å². The van der Waals surface area contributed by atoms with Crippen molar-refractivity contribution in [1.82, 2.24) is 10.2 Å². The van der Waals surface area contributed by atoms with Gasteiger partial charge in [-0.05, 0) is 17.7 Å². The molecule has 1 aromatic carbocycles. The molecule has 0 aliphatic carbocycles. The minimum absolute atomic E-state index is 0.114. The van der Waals surface area contributed by atoms with Crippen LogP contribution in [0.2, 0.25) is 0 Å². The first-order valence-corrected chi connectivity index (χ1v) is 8.47. The van der Waals surface area contributed by atoms with Crippen LogP contribution in [0, 0.1) is 5.41 Å². The molecule has 0 saturated carbocycles. The van der Waals surface area contributed by atoms with Crippen LogP contribution in [0.4, 0.5) is 0 Å². The quantitative estimate of drug-likeness (QED) is 0.850. The molecule has 5 nitrogen and oxygen atoms in total. The second kappa shape index (κ2) is 6.35. The van der Waals surface area contributed by atoms with Crippen LogP contribution in [-0.2, 0) is 0 Å². The molecule has 22 heavy (non-hydrogen) atoms. The highest BCUT2D eigenvalue weighted by molar-refractivity contribution is 9.10. The van der Waals surface area contributed by atoms with E-state index in [0.717, 1.165) is 47.7 Å². The van der Waals surface area contributed by atoms with E-state index in [0.29, 0.717) is 0 Å². The van der Waals surface area contributed by atoms with Gasteiger partial charge in [-0.25, -0.2) is 0 Å². The van der Waals surface area contributed by atoms with Gasteiger partial charge in [0.1, 0.15) is 0 Å². The zero-order valence-corrected chi connectivity index (χ0v) is 14.6. The highest BCUT2D eigenvalue weighted by Crippen LogP contribution is 2.46. The minimum Gasteiger partial charge on any atom is -0.454 e. The number of benzene rings is 1. The molecule has 1 aromatic rings. The summed E-state index contributed by atoms with van der Waals surface area (Å²) in [6.07, 6.45) is 0. The van der Waals surface area contributed by atoms with Crippen molar-refractivity contribution < 1.29 is 14.6 Å². The Balaban J connectivity index is 2.01. The Morgan fingerprint density at radius 2 is 1.91 bits per heavy atom. The summed E-state index contributed by atoms with van der Waals surface area (Å²) < 4.78 is 12.0. The molecule has 3 rings (SSSR count). The second-order valence-electron chi connectivity index (χ2n) is 6.56. The van der Waals surface area contributed by atoms with E-state index < -0.39 is 0 Å². The lowest BCUT2D eigenvalue weighted by Gasteiger charge is -2.43. The van der Waals surface area contributed by atoms with Gasteiger partial charge in [-0.15, -0.1) is 0 Å². The summed E-state index contributed by atoms with van der Waals surface area (Å²) in [7, 11) is 0. The number of aliphatic hydroxyl groups is 1. The number of aliphatic hydroxyl groups excluding tert-OH is 1. The molecule has 0 amide bonds. The maximum atomic E-state index is 9.93. The third-order valence-corrected chi connectivity index (χ3v) is 5.14. The molecule has 0 radical (unpaired) electrons. The second-order valence-corrected chi connectivity index (χ2v) is 7.42. The number of rotatable bonds is 4. The van der Waals surface area contributed by atoms with Crippen molar-refractivity contribution in [1.29, 1.82) is 0 Å². The molecule has 0 aromatic heterocycles. The Bertz CT molecular complexity index is 544. The van der Waals surface area contributed by atoms with E-state index in [2.05, 4.69) is 46.1 Å². The van der Waals surface area contributed by atoms with Gasteiger partial charge in [0.2, 0.25) is 6.79 Å². The Hall–Kier alpha value is -0.820. The molecule has 0 unspecified atom stereocenters. The fraction of sp³-hybridized carbons (Fsp3) is 0.625. The molecule has 6 heteroatoms. The van der Waals surface area contributed by atoms with Crippen molar-refractivity contribution in [2.45, 2.75) is 19.9 Å². The van der Waals surface area contributed by atoms with E-state index in [1.54, 1.807) is 0 Å². The molecule has 122 valence electrons. The summed E-state index contributed by atoms with van der Waals surface area (Å²) in [4.78, 5) is 2.44. The standard InChI is InChI=1S/C16H23BrN2O3/c1-16(2,9-20)15(19-5-3-18-4-6-19)11-7-13-14(8-12(11)17)22-10-21-13/h7-8,15,18,20H,3-6,9-10H2,1-2H3/t15-/m0/s1. The Kier molecular flexibility index (Phi) is 4.64. The predicted octanol–water partition coefficient (Wildman–Crippen LogP) is 2.14. The van der Waals surface area contributed by atoms with E-state index in [4.69, 9.17) is 9.47 Å². The van der Waals surface area contributed by atoms with Gasteiger partial charge in [0.25, 0.3) is 0 Å². The summed E-state index contributed by atoms with van der Waals surface area (Å²) >= 11 is 3.68. The first-order valence-electron chi connectivity index (χ1n) is 7.67. The zero-order chi connectivity index (χ0) is 15.7. The van der Waals surface area contributed by atoms with Crippen molar-refractivity contribution in [2.75, 3.05) is 39.6 Å². The average Bonchev–Trinajstić information content (AvgIpc) is 2.95. The van der Waals surface area contributed by atoms with Gasteiger partial charge >= 0.3 is 0 Å². The van der Waals surface area contributed by atoms with Gasteiger partial charge in [0, 0.05) is 48.7 Å². The normalized spacial score (nSPS) is 20.2. The lowest BCUT2D eigenvalue weighted by atomic mass is 9.79. The van der Waals surface area contributed by atoms with Gasteiger partial charge in [0.15, 0.2) is 11.5 Å². The molecule has 0 bridgehead atoms. The van der Waals surface area contributed by atoms with Crippen LogP contribution in [0.15, 0.2) is 16.6 Å². The maximum Gasteiger partial charge on any atom is 0.231 e. The molecule has 1 fully saturated rings. The topological polar surface area (TPSA) is 54.0 Å². The van der Waals surface area contributed by atoms with Crippen LogP contribution in [0.3, 0.4) is 0 Å². The van der Waals surface area contributed by atoms with Crippen LogP contribution >= 0.6 is 15.9 Å². The van der Waals surface area contributed by atoms with Crippen LogP contribution in [0.5, 0.6) is 11.5 Å². The zero-order valence-electron chi connectivity index (χ0n) is 13.1. The first kappa shape index (κ1) is 16.1. The van der Waals surface area contributed by atoms with Gasteiger partial charge in [-0.1, -0.05) is 29.8 Å². The molecular weight excluding hydrogens is 348 g/mol. The van der Waals surface area contributed by atoms with Crippen LogP contribution in [0.1, 0.15) is 25.5 Å². The van der Waals surface area contributed by atoms with E-state index >= 15 is 0 Å². The van der Waals surface area contributed by atoms with Crippen LogP contribution < -0.4 is 14.8 Å². The molecule has 2 aliphatic rings. The van der Waals surface area contributed by atoms with Crippen molar-refractivity contribution in [3.05, 3.63) is 22.2 Å². The molecule has 2 aliphatic heterocycles. The third-order valence-electron chi connectivity index (χ3n) is 4.45. The van der Waals surface area contributed by atoms with Gasteiger partial charge in [-0.2, -0.15) is 0 Å². The van der Waals surface area contributed by atoms with E-state index in [1.165, 1.54) is 0 Å². The number of nitrogens with one attached hydrogen (secondary N) is 1. The number of piperazine rings is 1. The number of halogens is 1. The number of hydrogen-bond donors (Lipinski definition) is 2. The summed E-state index contributed by atoms with van der Waals surface area (Å²) in [5.74, 6) is 1.56. The number of hydrogen-bond acceptors (Lipinski definition) is 5. The fourth-order valence-corrected chi connectivity index (χ4v) is 3.82. The monoisotopic (exact) mass is 370 g/mol. The first-order chi connectivity index (χ1) is 10.5. The lowest BCUT2D eigenvalue weighted by Crippen LogP contribution is -2.49. The fourth-order valence-electron chi connectivity index (χ4n) is 3.28. The van der Waals surface area contributed by atoms with E-state index in [-0.39, 0.29) is 24.9 Å². The van der Waals surface area contributed by atoms with Gasteiger partial charge in [-0.3, -0.25) is 4.90 Å². The summed E-state index contributed by atoms with van der Waals surface area (Å²) in [5.41, 5.74) is 0.887. The van der Waals surface area contributed by atoms with Crippen LogP contribution in [-0.4, -0.2) is 49.6 Å².